The van der Waals surface area contributed by atoms with Crippen molar-refractivity contribution in [2.75, 3.05) is 18.1 Å². The molecule has 1 rings (SSSR count). The number of aliphatic hydroxyl groups is 1. The third-order valence-electron chi connectivity index (χ3n) is 3.24. The van der Waals surface area contributed by atoms with Gasteiger partial charge < -0.3 is 9.84 Å². The van der Waals surface area contributed by atoms with E-state index in [4.69, 9.17) is 4.74 Å². The first-order chi connectivity index (χ1) is 8.03. The highest BCUT2D eigenvalue weighted by atomic mass is 32.2. The van der Waals surface area contributed by atoms with Gasteiger partial charge in [0.2, 0.25) is 0 Å². The molecule has 0 aromatic rings. The number of sulfone groups is 1. The van der Waals surface area contributed by atoms with Crippen molar-refractivity contribution in [1.82, 2.24) is 0 Å². The Morgan fingerprint density at radius 3 is 2.76 bits per heavy atom. The first kappa shape index (κ1) is 14.9. The Balaban J connectivity index is 2.14. The molecule has 1 aliphatic rings. The Morgan fingerprint density at radius 2 is 2.18 bits per heavy atom. The normalized spacial score (nSPS) is 23.5. The third kappa shape index (κ3) is 6.38. The molecule has 102 valence electrons. The van der Waals surface area contributed by atoms with E-state index in [9.17, 15) is 13.5 Å². The van der Waals surface area contributed by atoms with E-state index in [2.05, 4.69) is 0 Å². The molecule has 2 atom stereocenters. The first-order valence-electron chi connectivity index (χ1n) is 6.53. The molecule has 17 heavy (non-hydrogen) atoms. The van der Waals surface area contributed by atoms with Gasteiger partial charge in [-0.3, -0.25) is 0 Å². The zero-order chi connectivity index (χ0) is 12.7. The number of rotatable bonds is 7. The smallest absolute Gasteiger partial charge is 0.150 e. The molecular formula is C12H24O4S. The van der Waals surface area contributed by atoms with Crippen LogP contribution in [0, 0.1) is 0 Å². The topological polar surface area (TPSA) is 63.6 Å². The minimum absolute atomic E-state index is 0.168. The monoisotopic (exact) mass is 264 g/mol. The van der Waals surface area contributed by atoms with Gasteiger partial charge in [-0.15, -0.1) is 0 Å². The predicted octanol–water partition coefficient (Wildman–Crippen LogP) is 1.52. The second-order valence-electron chi connectivity index (χ2n) is 4.76. The highest BCUT2D eigenvalue weighted by molar-refractivity contribution is 7.91. The van der Waals surface area contributed by atoms with Crippen LogP contribution in [0.5, 0.6) is 0 Å². The van der Waals surface area contributed by atoms with Crippen LogP contribution in [0.15, 0.2) is 0 Å². The molecule has 1 aliphatic heterocycles. The van der Waals surface area contributed by atoms with Crippen molar-refractivity contribution in [1.29, 1.82) is 0 Å². The molecule has 0 bridgehead atoms. The standard InChI is InChI=1S/C12H24O4S/c1-2-17(14,15)9-5-6-11(13)10-12-7-3-4-8-16-12/h11-13H,2-10H2,1H3. The summed E-state index contributed by atoms with van der Waals surface area (Å²) in [6.45, 7) is 2.45. The van der Waals surface area contributed by atoms with E-state index in [1.54, 1.807) is 6.92 Å². The molecule has 0 aromatic heterocycles. The third-order valence-corrected chi connectivity index (χ3v) is 5.03. The maximum Gasteiger partial charge on any atom is 0.150 e. The Kier molecular flexibility index (Phi) is 6.44. The van der Waals surface area contributed by atoms with E-state index < -0.39 is 15.9 Å². The van der Waals surface area contributed by atoms with Crippen molar-refractivity contribution in [3.63, 3.8) is 0 Å². The van der Waals surface area contributed by atoms with Gasteiger partial charge in [-0.05, 0) is 38.5 Å². The average molecular weight is 264 g/mol. The van der Waals surface area contributed by atoms with Crippen LogP contribution in [-0.4, -0.2) is 43.8 Å². The summed E-state index contributed by atoms with van der Waals surface area (Å²) in [5, 5.41) is 9.80. The second-order valence-corrected chi connectivity index (χ2v) is 7.23. The van der Waals surface area contributed by atoms with Crippen molar-refractivity contribution >= 4 is 9.84 Å². The largest absolute Gasteiger partial charge is 0.393 e. The van der Waals surface area contributed by atoms with Gasteiger partial charge in [-0.1, -0.05) is 6.92 Å². The highest BCUT2D eigenvalue weighted by Gasteiger charge is 2.18. The van der Waals surface area contributed by atoms with E-state index in [-0.39, 0.29) is 17.6 Å². The van der Waals surface area contributed by atoms with Crippen LogP contribution in [0.3, 0.4) is 0 Å². The van der Waals surface area contributed by atoms with Gasteiger partial charge in [0.25, 0.3) is 0 Å². The lowest BCUT2D eigenvalue weighted by Gasteiger charge is -2.24. The Bertz CT molecular complexity index is 294. The van der Waals surface area contributed by atoms with E-state index >= 15 is 0 Å². The number of hydrogen-bond acceptors (Lipinski definition) is 4. The van der Waals surface area contributed by atoms with Crippen LogP contribution >= 0.6 is 0 Å². The van der Waals surface area contributed by atoms with Crippen molar-refractivity contribution in [3.05, 3.63) is 0 Å². The minimum Gasteiger partial charge on any atom is -0.393 e. The van der Waals surface area contributed by atoms with Crippen molar-refractivity contribution < 1.29 is 18.3 Å². The fraction of sp³-hybridized carbons (Fsp3) is 1.00. The maximum atomic E-state index is 11.3. The predicted molar refractivity (Wildman–Crippen MR) is 67.8 cm³/mol. The summed E-state index contributed by atoms with van der Waals surface area (Å²) in [5.41, 5.74) is 0. The lowest BCUT2D eigenvalue weighted by molar-refractivity contribution is -0.0164. The molecule has 0 aliphatic carbocycles. The van der Waals surface area contributed by atoms with Gasteiger partial charge >= 0.3 is 0 Å². The second kappa shape index (κ2) is 7.34. The molecule has 1 fully saturated rings. The lowest BCUT2D eigenvalue weighted by atomic mass is 10.0. The molecule has 0 radical (unpaired) electrons. The SMILES string of the molecule is CCS(=O)(=O)CCCC(O)CC1CCCCO1. The first-order valence-corrected chi connectivity index (χ1v) is 8.35. The van der Waals surface area contributed by atoms with Crippen molar-refractivity contribution in [3.8, 4) is 0 Å². The average Bonchev–Trinajstić information content (AvgIpc) is 2.30. The van der Waals surface area contributed by atoms with Crippen molar-refractivity contribution in [2.24, 2.45) is 0 Å². The number of aliphatic hydroxyl groups excluding tert-OH is 1. The van der Waals surface area contributed by atoms with E-state index in [0.29, 0.717) is 19.3 Å². The van der Waals surface area contributed by atoms with Gasteiger partial charge in [0.1, 0.15) is 9.84 Å². The fourth-order valence-electron chi connectivity index (χ4n) is 2.10. The number of ether oxygens (including phenoxy) is 1. The molecule has 2 unspecified atom stereocenters. The molecule has 0 amide bonds. The van der Waals surface area contributed by atoms with E-state index in [1.807, 2.05) is 0 Å². The van der Waals surface area contributed by atoms with Gasteiger partial charge in [-0.25, -0.2) is 8.42 Å². The van der Waals surface area contributed by atoms with E-state index in [1.165, 1.54) is 6.42 Å². The molecule has 1 heterocycles. The summed E-state index contributed by atoms with van der Waals surface area (Å²) in [6.07, 6.45) is 4.79. The van der Waals surface area contributed by atoms with Crippen LogP contribution < -0.4 is 0 Å². The zero-order valence-corrected chi connectivity index (χ0v) is 11.4. The summed E-state index contributed by atoms with van der Waals surface area (Å²) < 4.78 is 28.1. The highest BCUT2D eigenvalue weighted by Crippen LogP contribution is 2.18. The summed E-state index contributed by atoms with van der Waals surface area (Å²) in [5.74, 6) is 0.376. The van der Waals surface area contributed by atoms with E-state index in [0.717, 1.165) is 19.4 Å². The van der Waals surface area contributed by atoms with Gasteiger partial charge in [-0.2, -0.15) is 0 Å². The van der Waals surface area contributed by atoms with Gasteiger partial charge in [0.15, 0.2) is 0 Å². The summed E-state index contributed by atoms with van der Waals surface area (Å²) in [7, 11) is -2.89. The summed E-state index contributed by atoms with van der Waals surface area (Å²) in [4.78, 5) is 0. The van der Waals surface area contributed by atoms with Crippen LogP contribution in [0.4, 0.5) is 0 Å². The Morgan fingerprint density at radius 1 is 1.41 bits per heavy atom. The maximum absolute atomic E-state index is 11.3. The summed E-state index contributed by atoms with van der Waals surface area (Å²) in [6, 6.07) is 0. The molecule has 1 saturated heterocycles. The Labute approximate surface area is 104 Å². The molecule has 0 saturated carbocycles. The van der Waals surface area contributed by atoms with Gasteiger partial charge in [0, 0.05) is 12.4 Å². The van der Waals surface area contributed by atoms with Crippen LogP contribution in [0.25, 0.3) is 0 Å². The fourth-order valence-corrected chi connectivity index (χ4v) is 2.99. The lowest BCUT2D eigenvalue weighted by Crippen LogP contribution is -2.25. The van der Waals surface area contributed by atoms with Crippen LogP contribution in [-0.2, 0) is 14.6 Å². The zero-order valence-electron chi connectivity index (χ0n) is 10.6. The molecule has 4 nitrogen and oxygen atoms in total. The minimum atomic E-state index is -2.89. The molecule has 0 aromatic carbocycles. The molecule has 5 heteroatoms. The van der Waals surface area contributed by atoms with Crippen LogP contribution in [0.2, 0.25) is 0 Å². The molecule has 0 spiro atoms. The molecule has 1 N–H and O–H groups in total. The van der Waals surface area contributed by atoms with Crippen LogP contribution in [0.1, 0.15) is 45.4 Å². The molecular weight excluding hydrogens is 240 g/mol. The number of hydrogen-bond donors (Lipinski definition) is 1. The Hall–Kier alpha value is -0.130. The van der Waals surface area contributed by atoms with Crippen molar-refractivity contribution in [2.45, 2.75) is 57.7 Å². The quantitative estimate of drug-likeness (QED) is 0.757. The van der Waals surface area contributed by atoms with Gasteiger partial charge in [0.05, 0.1) is 18.0 Å². The summed E-state index contributed by atoms with van der Waals surface area (Å²) >= 11 is 0.